The minimum atomic E-state index is 0.157. The molecule has 9 heteroatoms. The Hall–Kier alpha value is -3.20. The normalized spacial score (nSPS) is 18.5. The number of amides is 1. The predicted octanol–water partition coefficient (Wildman–Crippen LogP) is 2.97. The number of ether oxygens (including phenoxy) is 1. The third-order valence-corrected chi connectivity index (χ3v) is 6.73. The Morgan fingerprint density at radius 2 is 2.12 bits per heavy atom. The Labute approximate surface area is 193 Å². The van der Waals surface area contributed by atoms with Crippen LogP contribution < -0.4 is 10.1 Å². The van der Waals surface area contributed by atoms with Crippen LogP contribution in [0.25, 0.3) is 11.0 Å². The summed E-state index contributed by atoms with van der Waals surface area (Å²) < 4.78 is 7.55. The molecule has 1 fully saturated rings. The van der Waals surface area contributed by atoms with Gasteiger partial charge in [-0.3, -0.25) is 4.79 Å². The van der Waals surface area contributed by atoms with Gasteiger partial charge in [0, 0.05) is 32.3 Å². The molecule has 1 aromatic carbocycles. The lowest BCUT2D eigenvalue weighted by atomic mass is 9.99. The van der Waals surface area contributed by atoms with Gasteiger partial charge >= 0.3 is 0 Å². The fourth-order valence-electron chi connectivity index (χ4n) is 4.93. The van der Waals surface area contributed by atoms with Crippen molar-refractivity contribution in [1.82, 2.24) is 29.5 Å². The molecular formula is C24H31N7O2. The zero-order chi connectivity index (χ0) is 22.9. The lowest BCUT2D eigenvalue weighted by Gasteiger charge is -2.26. The average Bonchev–Trinajstić information content (AvgIpc) is 3.45. The van der Waals surface area contributed by atoms with E-state index in [2.05, 4.69) is 39.5 Å². The van der Waals surface area contributed by atoms with E-state index in [1.807, 2.05) is 16.5 Å². The van der Waals surface area contributed by atoms with E-state index in [4.69, 9.17) is 9.72 Å². The summed E-state index contributed by atoms with van der Waals surface area (Å²) in [7, 11) is 3.82. The van der Waals surface area contributed by atoms with E-state index in [1.165, 1.54) is 11.1 Å². The maximum Gasteiger partial charge on any atom is 0.229 e. The number of aromatic nitrogens is 4. The fraction of sp³-hybridized carbons (Fsp3) is 0.500. The first-order chi connectivity index (χ1) is 16.1. The Kier molecular flexibility index (Phi) is 5.88. The first kappa shape index (κ1) is 21.6. The second kappa shape index (κ2) is 8.97. The van der Waals surface area contributed by atoms with E-state index < -0.39 is 0 Å². The summed E-state index contributed by atoms with van der Waals surface area (Å²) in [6, 6.07) is 4.42. The number of rotatable bonds is 6. The second-order valence-corrected chi connectivity index (χ2v) is 8.97. The number of nitrogens with zero attached hydrogens (tertiary/aromatic N) is 6. The van der Waals surface area contributed by atoms with Crippen LogP contribution in [0.3, 0.4) is 0 Å². The quantitative estimate of drug-likeness (QED) is 0.619. The van der Waals surface area contributed by atoms with Crippen molar-refractivity contribution in [2.75, 3.05) is 32.6 Å². The van der Waals surface area contributed by atoms with Gasteiger partial charge in [-0.05, 0) is 49.6 Å². The number of hydrogen-bond donors (Lipinski definition) is 1. The summed E-state index contributed by atoms with van der Waals surface area (Å²) in [5.41, 5.74) is 4.24. The van der Waals surface area contributed by atoms with Gasteiger partial charge in [0.2, 0.25) is 11.9 Å². The standard InChI is InChI=1S/C24H31N7O2/c1-4-22(32)30-8-5-6-19(30)15-31-23-18(13-26-31)12-25-24(28-23)27-20-10-17-14-29(2)9-7-16(17)11-21(20)33-3/h10-13,19H,4-9,14-15H2,1-3H3,(H,25,27,28). The number of likely N-dealkylation sites (N-methyl/N-ethyl adjacent to an activating group) is 1. The summed E-state index contributed by atoms with van der Waals surface area (Å²) in [5.74, 6) is 1.49. The van der Waals surface area contributed by atoms with Crippen molar-refractivity contribution in [2.45, 2.75) is 51.7 Å². The van der Waals surface area contributed by atoms with Gasteiger partial charge in [0.25, 0.3) is 0 Å². The van der Waals surface area contributed by atoms with Crippen LogP contribution in [0, 0.1) is 0 Å². The fourth-order valence-corrected chi connectivity index (χ4v) is 4.93. The average molecular weight is 450 g/mol. The second-order valence-electron chi connectivity index (χ2n) is 8.97. The molecule has 1 saturated heterocycles. The first-order valence-electron chi connectivity index (χ1n) is 11.7. The van der Waals surface area contributed by atoms with Crippen molar-refractivity contribution in [2.24, 2.45) is 0 Å². The van der Waals surface area contributed by atoms with Crippen molar-refractivity contribution in [1.29, 1.82) is 0 Å². The molecule has 1 N–H and O–H groups in total. The predicted molar refractivity (Wildman–Crippen MR) is 127 cm³/mol. The van der Waals surface area contributed by atoms with E-state index in [0.29, 0.717) is 18.9 Å². The summed E-state index contributed by atoms with van der Waals surface area (Å²) >= 11 is 0. The van der Waals surface area contributed by atoms with E-state index >= 15 is 0 Å². The number of likely N-dealkylation sites (tertiary alicyclic amines) is 1. The van der Waals surface area contributed by atoms with Gasteiger partial charge in [0.15, 0.2) is 5.65 Å². The number of nitrogens with one attached hydrogen (secondary N) is 1. The minimum Gasteiger partial charge on any atom is -0.495 e. The molecule has 1 amide bonds. The molecule has 1 unspecified atom stereocenters. The molecule has 0 bridgehead atoms. The lowest BCUT2D eigenvalue weighted by molar-refractivity contribution is -0.131. The molecule has 5 rings (SSSR count). The van der Waals surface area contributed by atoms with Crippen molar-refractivity contribution in [3.05, 3.63) is 35.7 Å². The highest BCUT2D eigenvalue weighted by Crippen LogP contribution is 2.33. The number of methoxy groups -OCH3 is 1. The Bertz CT molecular complexity index is 1180. The molecular weight excluding hydrogens is 418 g/mol. The SMILES string of the molecule is CCC(=O)N1CCCC1Cn1ncc2cnc(Nc3cc4c(cc3OC)CCN(C)C4)nc21. The van der Waals surface area contributed by atoms with Gasteiger partial charge in [0.1, 0.15) is 5.75 Å². The van der Waals surface area contributed by atoms with Crippen LogP contribution in [0.15, 0.2) is 24.5 Å². The van der Waals surface area contributed by atoms with Crippen LogP contribution in [-0.2, 0) is 24.3 Å². The van der Waals surface area contributed by atoms with E-state index in [9.17, 15) is 4.79 Å². The maximum absolute atomic E-state index is 12.3. The van der Waals surface area contributed by atoms with E-state index in [0.717, 1.165) is 61.4 Å². The summed E-state index contributed by atoms with van der Waals surface area (Å²) in [4.78, 5) is 25.9. The molecule has 9 nitrogen and oxygen atoms in total. The Morgan fingerprint density at radius 1 is 1.24 bits per heavy atom. The molecule has 0 aliphatic carbocycles. The minimum absolute atomic E-state index is 0.157. The van der Waals surface area contributed by atoms with Crippen molar-refractivity contribution >= 4 is 28.6 Å². The van der Waals surface area contributed by atoms with Crippen LogP contribution >= 0.6 is 0 Å². The molecule has 4 heterocycles. The van der Waals surface area contributed by atoms with Crippen LogP contribution in [-0.4, -0.2) is 68.7 Å². The zero-order valence-electron chi connectivity index (χ0n) is 19.5. The van der Waals surface area contributed by atoms with Crippen LogP contribution in [0.1, 0.15) is 37.3 Å². The molecule has 1 atom stereocenters. The summed E-state index contributed by atoms with van der Waals surface area (Å²) in [6.07, 6.45) is 7.15. The van der Waals surface area contributed by atoms with Gasteiger partial charge in [-0.25, -0.2) is 9.67 Å². The van der Waals surface area contributed by atoms with E-state index in [1.54, 1.807) is 19.5 Å². The number of fused-ring (bicyclic) bond motifs is 2. The molecule has 2 aliphatic rings. The van der Waals surface area contributed by atoms with Gasteiger partial charge in [-0.2, -0.15) is 10.1 Å². The van der Waals surface area contributed by atoms with Gasteiger partial charge in [0.05, 0.1) is 37.0 Å². The highest BCUT2D eigenvalue weighted by molar-refractivity contribution is 5.77. The first-order valence-corrected chi connectivity index (χ1v) is 11.7. The number of anilines is 2. The van der Waals surface area contributed by atoms with Crippen LogP contribution in [0.2, 0.25) is 0 Å². The molecule has 0 saturated carbocycles. The molecule has 0 spiro atoms. The zero-order valence-corrected chi connectivity index (χ0v) is 19.5. The highest BCUT2D eigenvalue weighted by Gasteiger charge is 2.28. The molecule has 2 aromatic heterocycles. The van der Waals surface area contributed by atoms with Crippen molar-refractivity contribution in [3.8, 4) is 5.75 Å². The molecule has 3 aromatic rings. The highest BCUT2D eigenvalue weighted by atomic mass is 16.5. The van der Waals surface area contributed by atoms with Crippen molar-refractivity contribution in [3.63, 3.8) is 0 Å². The van der Waals surface area contributed by atoms with Crippen molar-refractivity contribution < 1.29 is 9.53 Å². The molecule has 0 radical (unpaired) electrons. The van der Waals surface area contributed by atoms with Crippen LogP contribution in [0.5, 0.6) is 5.75 Å². The largest absolute Gasteiger partial charge is 0.495 e. The maximum atomic E-state index is 12.3. The number of hydrogen-bond acceptors (Lipinski definition) is 7. The number of carbonyl (C=O) groups is 1. The van der Waals surface area contributed by atoms with Gasteiger partial charge in [-0.1, -0.05) is 6.92 Å². The van der Waals surface area contributed by atoms with Gasteiger partial charge < -0.3 is 19.9 Å². The van der Waals surface area contributed by atoms with Gasteiger partial charge in [-0.15, -0.1) is 0 Å². The molecule has 33 heavy (non-hydrogen) atoms. The Morgan fingerprint density at radius 3 is 2.94 bits per heavy atom. The number of benzene rings is 1. The molecule has 174 valence electrons. The smallest absolute Gasteiger partial charge is 0.229 e. The van der Waals surface area contributed by atoms with E-state index in [-0.39, 0.29) is 11.9 Å². The van der Waals surface area contributed by atoms with Crippen LogP contribution in [0.4, 0.5) is 11.6 Å². The lowest BCUT2D eigenvalue weighted by Crippen LogP contribution is -2.37. The summed E-state index contributed by atoms with van der Waals surface area (Å²) in [5, 5.41) is 8.78. The third kappa shape index (κ3) is 4.25. The number of carbonyl (C=O) groups excluding carboxylic acids is 1. The molecule has 2 aliphatic heterocycles. The summed E-state index contributed by atoms with van der Waals surface area (Å²) in [6.45, 7) is 5.34. The Balaban J connectivity index is 1.41. The topological polar surface area (TPSA) is 88.4 Å². The third-order valence-electron chi connectivity index (χ3n) is 6.73. The monoisotopic (exact) mass is 449 g/mol.